The minimum Gasteiger partial charge on any atom is -0.396 e. The van der Waals surface area contributed by atoms with E-state index in [0.717, 1.165) is 13.0 Å². The van der Waals surface area contributed by atoms with Crippen molar-refractivity contribution >= 4 is 0 Å². The van der Waals surface area contributed by atoms with E-state index in [1.54, 1.807) is 0 Å². The zero-order valence-electron chi connectivity index (χ0n) is 12.1. The second kappa shape index (κ2) is 9.57. The van der Waals surface area contributed by atoms with Gasteiger partial charge in [0.15, 0.2) is 0 Å². The van der Waals surface area contributed by atoms with Crippen molar-refractivity contribution in [2.45, 2.75) is 51.9 Å². The monoisotopic (exact) mass is 253 g/mol. The van der Waals surface area contributed by atoms with E-state index >= 15 is 0 Å². The van der Waals surface area contributed by atoms with Gasteiger partial charge in [-0.25, -0.2) is 0 Å². The first kappa shape index (κ1) is 15.7. The van der Waals surface area contributed by atoms with Gasteiger partial charge in [0, 0.05) is 13.2 Å². The molecule has 2 unspecified atom stereocenters. The molecule has 0 radical (unpaired) electrons. The van der Waals surface area contributed by atoms with Crippen molar-refractivity contribution in [2.24, 2.45) is 11.8 Å². The molecule has 1 N–H and O–H groups in total. The van der Waals surface area contributed by atoms with Crippen LogP contribution in [-0.4, -0.2) is 36.2 Å². The Hall–Kier alpha value is -0.340. The van der Waals surface area contributed by atoms with Crippen molar-refractivity contribution in [2.75, 3.05) is 26.2 Å². The summed E-state index contributed by atoms with van der Waals surface area (Å²) in [5.41, 5.74) is 0. The van der Waals surface area contributed by atoms with Crippen molar-refractivity contribution < 1.29 is 5.11 Å². The van der Waals surface area contributed by atoms with Crippen LogP contribution in [-0.2, 0) is 0 Å². The molecule has 1 fully saturated rings. The Morgan fingerprint density at radius 2 is 2.06 bits per heavy atom. The lowest BCUT2D eigenvalue weighted by atomic mass is 9.83. The third-order valence-electron chi connectivity index (χ3n) is 4.27. The van der Waals surface area contributed by atoms with Crippen molar-refractivity contribution in [1.29, 1.82) is 0 Å². The second-order valence-corrected chi connectivity index (χ2v) is 5.68. The highest BCUT2D eigenvalue weighted by atomic mass is 16.3. The molecule has 0 amide bonds. The van der Waals surface area contributed by atoms with E-state index in [1.807, 2.05) is 0 Å². The van der Waals surface area contributed by atoms with Crippen LogP contribution in [0.15, 0.2) is 12.7 Å². The number of likely N-dealkylation sites (tertiary alicyclic amines) is 1. The average molecular weight is 253 g/mol. The number of rotatable bonds is 9. The average Bonchev–Trinajstić information content (AvgIpc) is 2.40. The van der Waals surface area contributed by atoms with E-state index in [1.165, 1.54) is 51.6 Å². The summed E-state index contributed by atoms with van der Waals surface area (Å²) in [6.07, 6.45) is 11.1. The van der Waals surface area contributed by atoms with Crippen LogP contribution in [0, 0.1) is 11.8 Å². The molecule has 0 bridgehead atoms. The number of piperidine rings is 1. The lowest BCUT2D eigenvalue weighted by Crippen LogP contribution is -2.40. The van der Waals surface area contributed by atoms with Crippen molar-refractivity contribution in [3.05, 3.63) is 12.7 Å². The third-order valence-corrected chi connectivity index (χ3v) is 4.27. The summed E-state index contributed by atoms with van der Waals surface area (Å²) in [4.78, 5) is 2.59. The highest BCUT2D eigenvalue weighted by molar-refractivity contribution is 4.90. The fourth-order valence-electron chi connectivity index (χ4n) is 3.03. The van der Waals surface area contributed by atoms with Crippen LogP contribution >= 0.6 is 0 Å². The van der Waals surface area contributed by atoms with E-state index < -0.39 is 0 Å². The van der Waals surface area contributed by atoms with Gasteiger partial charge in [0.05, 0.1) is 0 Å². The van der Waals surface area contributed by atoms with Crippen LogP contribution in [0.25, 0.3) is 0 Å². The molecule has 18 heavy (non-hydrogen) atoms. The highest BCUT2D eigenvalue weighted by Crippen LogP contribution is 2.27. The van der Waals surface area contributed by atoms with Gasteiger partial charge in [-0.05, 0) is 44.2 Å². The predicted octanol–water partition coefficient (Wildman–Crippen LogP) is 3.46. The first-order chi connectivity index (χ1) is 8.81. The van der Waals surface area contributed by atoms with Crippen molar-refractivity contribution in [3.8, 4) is 0 Å². The van der Waals surface area contributed by atoms with Crippen molar-refractivity contribution in [1.82, 2.24) is 4.90 Å². The zero-order chi connectivity index (χ0) is 13.2. The number of aliphatic hydroxyl groups excluding tert-OH is 1. The molecule has 0 aromatic carbocycles. The van der Waals surface area contributed by atoms with Crippen molar-refractivity contribution in [3.63, 3.8) is 0 Å². The SMILES string of the molecule is C=CC1CN(CCCCCCC)CCC1CCO. The Balaban J connectivity index is 2.19. The van der Waals surface area contributed by atoms with Gasteiger partial charge in [-0.1, -0.05) is 38.7 Å². The van der Waals surface area contributed by atoms with Gasteiger partial charge in [-0.3, -0.25) is 0 Å². The smallest absolute Gasteiger partial charge is 0.0433 e. The van der Waals surface area contributed by atoms with Gasteiger partial charge in [-0.15, -0.1) is 6.58 Å². The van der Waals surface area contributed by atoms with Crippen LogP contribution in [0.4, 0.5) is 0 Å². The molecular formula is C16H31NO. The first-order valence-corrected chi connectivity index (χ1v) is 7.77. The van der Waals surface area contributed by atoms with Gasteiger partial charge in [0.2, 0.25) is 0 Å². The summed E-state index contributed by atoms with van der Waals surface area (Å²) in [7, 11) is 0. The lowest BCUT2D eigenvalue weighted by molar-refractivity contribution is 0.121. The summed E-state index contributed by atoms with van der Waals surface area (Å²) >= 11 is 0. The van der Waals surface area contributed by atoms with Crippen LogP contribution in [0.5, 0.6) is 0 Å². The maximum Gasteiger partial charge on any atom is 0.0433 e. The molecule has 1 aliphatic heterocycles. The predicted molar refractivity (Wildman–Crippen MR) is 78.7 cm³/mol. The molecular weight excluding hydrogens is 222 g/mol. The summed E-state index contributed by atoms with van der Waals surface area (Å²) in [6.45, 7) is 10.2. The summed E-state index contributed by atoms with van der Waals surface area (Å²) in [5.74, 6) is 1.24. The molecule has 2 nitrogen and oxygen atoms in total. The number of nitrogens with zero attached hydrogens (tertiary/aromatic N) is 1. The minimum atomic E-state index is 0.325. The highest BCUT2D eigenvalue weighted by Gasteiger charge is 2.26. The summed E-state index contributed by atoms with van der Waals surface area (Å²) in [5, 5.41) is 9.07. The largest absolute Gasteiger partial charge is 0.396 e. The Morgan fingerprint density at radius 3 is 2.72 bits per heavy atom. The number of hydrogen-bond acceptors (Lipinski definition) is 2. The van der Waals surface area contributed by atoms with Crippen LogP contribution in [0.3, 0.4) is 0 Å². The quantitative estimate of drug-likeness (QED) is 0.502. The van der Waals surface area contributed by atoms with Gasteiger partial charge in [0.1, 0.15) is 0 Å². The molecule has 2 heteroatoms. The maximum atomic E-state index is 9.07. The normalized spacial score (nSPS) is 25.2. The molecule has 1 heterocycles. The Labute approximate surface area is 113 Å². The first-order valence-electron chi connectivity index (χ1n) is 7.77. The molecule has 1 saturated heterocycles. The van der Waals surface area contributed by atoms with Gasteiger partial charge >= 0.3 is 0 Å². The summed E-state index contributed by atoms with van der Waals surface area (Å²) in [6, 6.07) is 0. The molecule has 1 rings (SSSR count). The van der Waals surface area contributed by atoms with E-state index in [2.05, 4.69) is 24.5 Å². The van der Waals surface area contributed by atoms with E-state index in [-0.39, 0.29) is 0 Å². The van der Waals surface area contributed by atoms with Gasteiger partial charge in [0.25, 0.3) is 0 Å². The minimum absolute atomic E-state index is 0.325. The standard InChI is InChI=1S/C16H31NO/c1-3-5-6-7-8-11-17-12-9-16(10-13-18)15(4-2)14-17/h4,15-16,18H,2-3,5-14H2,1H3. The van der Waals surface area contributed by atoms with Crippen LogP contribution in [0.2, 0.25) is 0 Å². The summed E-state index contributed by atoms with van der Waals surface area (Å²) < 4.78 is 0. The van der Waals surface area contributed by atoms with E-state index in [0.29, 0.717) is 18.4 Å². The molecule has 0 spiro atoms. The van der Waals surface area contributed by atoms with E-state index in [9.17, 15) is 0 Å². The van der Waals surface area contributed by atoms with Crippen LogP contribution < -0.4 is 0 Å². The molecule has 106 valence electrons. The maximum absolute atomic E-state index is 9.07. The lowest BCUT2D eigenvalue weighted by Gasteiger charge is -2.37. The number of unbranched alkanes of at least 4 members (excludes halogenated alkanes) is 4. The van der Waals surface area contributed by atoms with Gasteiger partial charge < -0.3 is 10.0 Å². The van der Waals surface area contributed by atoms with Crippen LogP contribution in [0.1, 0.15) is 51.9 Å². The zero-order valence-corrected chi connectivity index (χ0v) is 12.1. The Kier molecular flexibility index (Phi) is 8.36. The molecule has 0 aliphatic carbocycles. The molecule has 0 aromatic rings. The van der Waals surface area contributed by atoms with E-state index in [4.69, 9.17) is 5.11 Å². The number of hydrogen-bond donors (Lipinski definition) is 1. The Bertz CT molecular complexity index is 217. The fraction of sp³-hybridized carbons (Fsp3) is 0.875. The molecule has 1 aliphatic rings. The topological polar surface area (TPSA) is 23.5 Å². The Morgan fingerprint density at radius 1 is 1.28 bits per heavy atom. The fourth-order valence-corrected chi connectivity index (χ4v) is 3.03. The molecule has 0 saturated carbocycles. The number of aliphatic hydroxyl groups is 1. The second-order valence-electron chi connectivity index (χ2n) is 5.68. The van der Waals surface area contributed by atoms with Gasteiger partial charge in [-0.2, -0.15) is 0 Å². The molecule has 2 atom stereocenters. The third kappa shape index (κ3) is 5.53. The molecule has 0 aromatic heterocycles.